The Hall–Kier alpha value is -1.63. The van der Waals surface area contributed by atoms with Gasteiger partial charge >= 0.3 is 0 Å². The summed E-state index contributed by atoms with van der Waals surface area (Å²) in [5.41, 5.74) is 6.12. The molecule has 0 radical (unpaired) electrons. The minimum atomic E-state index is 1.07. The molecule has 0 saturated heterocycles. The first-order valence-electron chi connectivity index (χ1n) is 5.60. The van der Waals surface area contributed by atoms with Crippen LogP contribution in [0, 0.1) is 6.92 Å². The van der Waals surface area contributed by atoms with Crippen molar-refractivity contribution in [1.29, 1.82) is 0 Å². The first kappa shape index (κ1) is 10.9. The van der Waals surface area contributed by atoms with E-state index in [1.165, 1.54) is 22.1 Å². The predicted octanol–water partition coefficient (Wildman–Crippen LogP) is 4.36. The van der Waals surface area contributed by atoms with Gasteiger partial charge in [0.25, 0.3) is 0 Å². The van der Waals surface area contributed by atoms with Crippen LogP contribution in [0.4, 0.5) is 0 Å². The zero-order valence-corrected chi connectivity index (χ0v) is 10.3. The van der Waals surface area contributed by atoms with Crippen LogP contribution in [0.25, 0.3) is 16.5 Å². The number of allylic oxidation sites excluding steroid dienone is 2. The molecule has 1 aromatic heterocycles. The summed E-state index contributed by atoms with van der Waals surface area (Å²) in [5, 5.41) is 1.21. The maximum absolute atomic E-state index is 4.64. The molecule has 0 saturated carbocycles. The van der Waals surface area contributed by atoms with Gasteiger partial charge in [0, 0.05) is 11.1 Å². The largest absolute Gasteiger partial charge is 0.253 e. The summed E-state index contributed by atoms with van der Waals surface area (Å²) in [4.78, 5) is 4.64. The van der Waals surface area contributed by atoms with Crippen LogP contribution in [0.15, 0.2) is 35.9 Å². The maximum Gasteiger partial charge on any atom is 0.0705 e. The van der Waals surface area contributed by atoms with Crippen molar-refractivity contribution in [3.8, 4) is 0 Å². The van der Waals surface area contributed by atoms with Gasteiger partial charge in [-0.25, -0.2) is 0 Å². The van der Waals surface area contributed by atoms with E-state index < -0.39 is 0 Å². The minimum absolute atomic E-state index is 1.07. The Labute approximate surface area is 96.8 Å². The molecule has 1 heteroatoms. The third kappa shape index (κ3) is 1.85. The van der Waals surface area contributed by atoms with Gasteiger partial charge in [0.05, 0.1) is 5.52 Å². The summed E-state index contributed by atoms with van der Waals surface area (Å²) < 4.78 is 0. The highest BCUT2D eigenvalue weighted by molar-refractivity contribution is 5.83. The Morgan fingerprint density at radius 1 is 1.06 bits per heavy atom. The lowest BCUT2D eigenvalue weighted by Crippen LogP contribution is -1.92. The fraction of sp³-hybridized carbons (Fsp3) is 0.267. The van der Waals surface area contributed by atoms with Crippen LogP contribution in [-0.4, -0.2) is 4.98 Å². The van der Waals surface area contributed by atoms with E-state index in [0.717, 1.165) is 11.2 Å². The van der Waals surface area contributed by atoms with Crippen molar-refractivity contribution in [3.63, 3.8) is 0 Å². The lowest BCUT2D eigenvalue weighted by Gasteiger charge is -2.09. The summed E-state index contributed by atoms with van der Waals surface area (Å²) in [6.07, 6.45) is 0. The van der Waals surface area contributed by atoms with Gasteiger partial charge in [-0.1, -0.05) is 23.8 Å². The molecule has 1 aromatic carbocycles. The molecule has 0 amide bonds. The molecule has 0 unspecified atom stereocenters. The van der Waals surface area contributed by atoms with E-state index >= 15 is 0 Å². The molecule has 1 heterocycles. The van der Waals surface area contributed by atoms with Crippen molar-refractivity contribution in [3.05, 3.63) is 47.2 Å². The molecule has 0 aliphatic carbocycles. The molecular weight excluding hydrogens is 194 g/mol. The topological polar surface area (TPSA) is 12.9 Å². The van der Waals surface area contributed by atoms with E-state index in [9.17, 15) is 0 Å². The van der Waals surface area contributed by atoms with Crippen molar-refractivity contribution < 1.29 is 0 Å². The Bertz CT molecular complexity index is 561. The van der Waals surface area contributed by atoms with Crippen LogP contribution >= 0.6 is 0 Å². The second kappa shape index (κ2) is 4.09. The summed E-state index contributed by atoms with van der Waals surface area (Å²) >= 11 is 0. The third-order valence-corrected chi connectivity index (χ3v) is 3.07. The molecule has 0 N–H and O–H groups in total. The smallest absolute Gasteiger partial charge is 0.0705 e. The fourth-order valence-corrected chi connectivity index (χ4v) is 1.86. The molecule has 16 heavy (non-hydrogen) atoms. The molecule has 82 valence electrons. The first-order valence-corrected chi connectivity index (χ1v) is 5.60. The lowest BCUT2D eigenvalue weighted by atomic mass is 10.00. The van der Waals surface area contributed by atoms with Crippen molar-refractivity contribution in [2.75, 3.05) is 0 Å². The SMILES string of the molecule is CC(C)=C(C)c1cc2ccccc2nc1C. The van der Waals surface area contributed by atoms with Crippen LogP contribution in [0.1, 0.15) is 32.0 Å². The van der Waals surface area contributed by atoms with E-state index in [2.05, 4.69) is 56.9 Å². The number of benzene rings is 1. The maximum atomic E-state index is 4.64. The molecule has 0 aliphatic heterocycles. The first-order chi connectivity index (χ1) is 7.59. The van der Waals surface area contributed by atoms with E-state index in [1.807, 2.05) is 6.07 Å². The van der Waals surface area contributed by atoms with Gasteiger partial charge in [0.1, 0.15) is 0 Å². The van der Waals surface area contributed by atoms with Crippen LogP contribution < -0.4 is 0 Å². The number of pyridine rings is 1. The van der Waals surface area contributed by atoms with Crippen LogP contribution in [-0.2, 0) is 0 Å². The molecule has 0 bridgehead atoms. The highest BCUT2D eigenvalue weighted by atomic mass is 14.7. The van der Waals surface area contributed by atoms with E-state index in [1.54, 1.807) is 0 Å². The van der Waals surface area contributed by atoms with E-state index in [4.69, 9.17) is 0 Å². The number of hydrogen-bond acceptors (Lipinski definition) is 1. The monoisotopic (exact) mass is 211 g/mol. The van der Waals surface area contributed by atoms with Crippen LogP contribution in [0.3, 0.4) is 0 Å². The van der Waals surface area contributed by atoms with Gasteiger partial charge in [-0.2, -0.15) is 0 Å². The molecule has 0 fully saturated rings. The van der Waals surface area contributed by atoms with Crippen molar-refractivity contribution >= 4 is 16.5 Å². The number of aromatic nitrogens is 1. The van der Waals surface area contributed by atoms with Gasteiger partial charge in [0.15, 0.2) is 0 Å². The quantitative estimate of drug-likeness (QED) is 0.683. The van der Waals surface area contributed by atoms with E-state index in [-0.39, 0.29) is 0 Å². The zero-order valence-electron chi connectivity index (χ0n) is 10.3. The van der Waals surface area contributed by atoms with Crippen molar-refractivity contribution in [2.45, 2.75) is 27.7 Å². The van der Waals surface area contributed by atoms with Gasteiger partial charge in [-0.05, 0) is 51.0 Å². The Morgan fingerprint density at radius 2 is 1.75 bits per heavy atom. The number of aryl methyl sites for hydroxylation is 1. The van der Waals surface area contributed by atoms with E-state index in [0.29, 0.717) is 0 Å². The van der Waals surface area contributed by atoms with Crippen LogP contribution in [0.5, 0.6) is 0 Å². The number of rotatable bonds is 1. The molecule has 0 atom stereocenters. The molecule has 0 aliphatic rings. The standard InChI is InChI=1S/C15H17N/c1-10(2)11(3)14-9-13-7-5-6-8-15(13)16-12(14)4/h5-9H,1-4H3. The number of para-hydroxylation sites is 1. The zero-order chi connectivity index (χ0) is 11.7. The summed E-state index contributed by atoms with van der Waals surface area (Å²) in [6, 6.07) is 10.5. The molecule has 2 rings (SSSR count). The van der Waals surface area contributed by atoms with Gasteiger partial charge in [-0.3, -0.25) is 4.98 Å². The van der Waals surface area contributed by atoms with Gasteiger partial charge in [-0.15, -0.1) is 0 Å². The normalized spacial score (nSPS) is 10.5. The predicted molar refractivity (Wildman–Crippen MR) is 70.4 cm³/mol. The summed E-state index contributed by atoms with van der Waals surface area (Å²) in [7, 11) is 0. The van der Waals surface area contributed by atoms with Crippen molar-refractivity contribution in [2.24, 2.45) is 0 Å². The summed E-state index contributed by atoms with van der Waals surface area (Å²) in [5.74, 6) is 0. The third-order valence-electron chi connectivity index (χ3n) is 3.07. The second-order valence-electron chi connectivity index (χ2n) is 4.44. The van der Waals surface area contributed by atoms with Crippen LogP contribution in [0.2, 0.25) is 0 Å². The lowest BCUT2D eigenvalue weighted by molar-refractivity contribution is 1.22. The number of hydrogen-bond donors (Lipinski definition) is 0. The molecule has 0 spiro atoms. The second-order valence-corrected chi connectivity index (χ2v) is 4.44. The fourth-order valence-electron chi connectivity index (χ4n) is 1.86. The van der Waals surface area contributed by atoms with Gasteiger partial charge < -0.3 is 0 Å². The van der Waals surface area contributed by atoms with Crippen molar-refractivity contribution in [1.82, 2.24) is 4.98 Å². The average molecular weight is 211 g/mol. The Balaban J connectivity index is 2.73. The Kier molecular flexibility index (Phi) is 2.78. The Morgan fingerprint density at radius 3 is 2.44 bits per heavy atom. The minimum Gasteiger partial charge on any atom is -0.253 e. The highest BCUT2D eigenvalue weighted by Gasteiger charge is 2.05. The summed E-state index contributed by atoms with van der Waals surface area (Å²) in [6.45, 7) is 8.52. The number of fused-ring (bicyclic) bond motifs is 1. The highest BCUT2D eigenvalue weighted by Crippen LogP contribution is 2.24. The molecule has 1 nitrogen and oxygen atoms in total. The molecule has 2 aromatic rings. The van der Waals surface area contributed by atoms with Gasteiger partial charge in [0.2, 0.25) is 0 Å². The number of nitrogens with zero attached hydrogens (tertiary/aromatic N) is 1. The average Bonchev–Trinajstić information content (AvgIpc) is 2.27. The molecular formula is C15H17N.